The third-order valence-electron chi connectivity index (χ3n) is 3.96. The van der Waals surface area contributed by atoms with Gasteiger partial charge in [-0.25, -0.2) is 0 Å². The van der Waals surface area contributed by atoms with E-state index in [9.17, 15) is 0 Å². The van der Waals surface area contributed by atoms with Crippen molar-refractivity contribution in [3.05, 3.63) is 29.8 Å². The van der Waals surface area contributed by atoms with Crippen molar-refractivity contribution in [2.45, 2.75) is 6.42 Å². The normalized spacial score (nSPS) is 17.3. The van der Waals surface area contributed by atoms with E-state index in [0.717, 1.165) is 31.8 Å². The Morgan fingerprint density at radius 3 is 2.60 bits per heavy atom. The number of piperazine rings is 1. The number of para-hydroxylation sites is 1. The lowest BCUT2D eigenvalue weighted by atomic mass is 10.1. The second-order valence-electron chi connectivity index (χ2n) is 5.46. The zero-order valence-corrected chi connectivity index (χ0v) is 12.8. The number of ether oxygens (including phenoxy) is 1. The van der Waals surface area contributed by atoms with Crippen LogP contribution < -0.4 is 10.1 Å². The van der Waals surface area contributed by atoms with Crippen LogP contribution in [0.25, 0.3) is 0 Å². The Morgan fingerprint density at radius 2 is 1.85 bits per heavy atom. The maximum atomic E-state index is 5.37. The Bertz CT molecular complexity index is 389. The van der Waals surface area contributed by atoms with Gasteiger partial charge in [0, 0.05) is 39.3 Å². The quantitative estimate of drug-likeness (QED) is 0.755. The Labute approximate surface area is 122 Å². The van der Waals surface area contributed by atoms with Crippen molar-refractivity contribution in [1.29, 1.82) is 0 Å². The third kappa shape index (κ3) is 4.78. The molecule has 20 heavy (non-hydrogen) atoms. The number of rotatable bonds is 7. The van der Waals surface area contributed by atoms with Gasteiger partial charge in [0.25, 0.3) is 0 Å². The Balaban J connectivity index is 1.59. The molecule has 1 aliphatic rings. The van der Waals surface area contributed by atoms with Gasteiger partial charge in [0.2, 0.25) is 0 Å². The molecule has 1 aromatic carbocycles. The van der Waals surface area contributed by atoms with Crippen molar-refractivity contribution in [1.82, 2.24) is 15.1 Å². The second-order valence-corrected chi connectivity index (χ2v) is 5.46. The highest BCUT2D eigenvalue weighted by Crippen LogP contribution is 2.17. The summed E-state index contributed by atoms with van der Waals surface area (Å²) in [7, 11) is 3.93. The number of hydrogen-bond donors (Lipinski definition) is 1. The van der Waals surface area contributed by atoms with Gasteiger partial charge in [-0.1, -0.05) is 18.2 Å². The van der Waals surface area contributed by atoms with Crippen LogP contribution in [0.4, 0.5) is 0 Å². The minimum absolute atomic E-state index is 0.994. The van der Waals surface area contributed by atoms with Crippen LogP contribution >= 0.6 is 0 Å². The standard InChI is InChI=1S/C16H27N3O/c1-18-11-13-19(14-12-18)10-9-17-8-7-15-5-3-4-6-16(15)20-2/h3-6,17H,7-14H2,1-2H3. The van der Waals surface area contributed by atoms with Gasteiger partial charge in [0.05, 0.1) is 7.11 Å². The van der Waals surface area contributed by atoms with Crippen molar-refractivity contribution in [3.63, 3.8) is 0 Å². The molecule has 1 aliphatic heterocycles. The van der Waals surface area contributed by atoms with Gasteiger partial charge in [-0.3, -0.25) is 4.90 Å². The zero-order valence-electron chi connectivity index (χ0n) is 12.8. The summed E-state index contributed by atoms with van der Waals surface area (Å²) < 4.78 is 5.37. The molecule has 1 heterocycles. The lowest BCUT2D eigenvalue weighted by molar-refractivity contribution is 0.155. The van der Waals surface area contributed by atoms with Crippen LogP contribution in [0.5, 0.6) is 5.75 Å². The van der Waals surface area contributed by atoms with Crippen molar-refractivity contribution >= 4 is 0 Å². The van der Waals surface area contributed by atoms with Crippen molar-refractivity contribution in [3.8, 4) is 5.75 Å². The third-order valence-corrected chi connectivity index (χ3v) is 3.96. The van der Waals surface area contributed by atoms with Crippen LogP contribution in [-0.2, 0) is 6.42 Å². The average molecular weight is 277 g/mol. The molecule has 112 valence electrons. The van der Waals surface area contributed by atoms with Crippen LogP contribution in [0, 0.1) is 0 Å². The van der Waals surface area contributed by atoms with Crippen molar-refractivity contribution in [2.75, 3.05) is 60.0 Å². The highest BCUT2D eigenvalue weighted by molar-refractivity contribution is 5.33. The van der Waals surface area contributed by atoms with Gasteiger partial charge >= 0.3 is 0 Å². The molecular formula is C16H27N3O. The van der Waals surface area contributed by atoms with Gasteiger partial charge in [0.1, 0.15) is 5.75 Å². The van der Waals surface area contributed by atoms with Gasteiger partial charge in [-0.15, -0.1) is 0 Å². The van der Waals surface area contributed by atoms with E-state index in [1.165, 1.54) is 31.7 Å². The van der Waals surface area contributed by atoms with E-state index in [0.29, 0.717) is 0 Å². The van der Waals surface area contributed by atoms with Crippen LogP contribution in [0.1, 0.15) is 5.56 Å². The first kappa shape index (κ1) is 15.3. The van der Waals surface area contributed by atoms with E-state index in [-0.39, 0.29) is 0 Å². The minimum Gasteiger partial charge on any atom is -0.496 e. The molecule has 0 radical (unpaired) electrons. The molecule has 1 saturated heterocycles. The fourth-order valence-corrected chi connectivity index (χ4v) is 2.57. The SMILES string of the molecule is COc1ccccc1CCNCCN1CCN(C)CC1. The minimum atomic E-state index is 0.994. The van der Waals surface area contributed by atoms with E-state index in [2.05, 4.69) is 34.3 Å². The van der Waals surface area contributed by atoms with Crippen molar-refractivity contribution < 1.29 is 4.74 Å². The first-order chi connectivity index (χ1) is 9.79. The Hall–Kier alpha value is -1.10. The van der Waals surface area contributed by atoms with Crippen LogP contribution in [0.15, 0.2) is 24.3 Å². The van der Waals surface area contributed by atoms with E-state index in [1.54, 1.807) is 7.11 Å². The van der Waals surface area contributed by atoms with E-state index in [1.807, 2.05) is 12.1 Å². The van der Waals surface area contributed by atoms with Crippen LogP contribution in [0.2, 0.25) is 0 Å². The molecular weight excluding hydrogens is 250 g/mol. The second kappa shape index (κ2) is 8.25. The Morgan fingerprint density at radius 1 is 1.10 bits per heavy atom. The molecule has 0 bridgehead atoms. The number of hydrogen-bond acceptors (Lipinski definition) is 4. The largest absolute Gasteiger partial charge is 0.496 e. The summed E-state index contributed by atoms with van der Waals surface area (Å²) in [5.74, 6) is 0.994. The van der Waals surface area contributed by atoms with Gasteiger partial charge in [-0.05, 0) is 31.6 Å². The molecule has 0 spiro atoms. The molecule has 1 N–H and O–H groups in total. The molecule has 0 atom stereocenters. The summed E-state index contributed by atoms with van der Waals surface area (Å²) in [5, 5.41) is 3.53. The van der Waals surface area contributed by atoms with Crippen molar-refractivity contribution in [2.24, 2.45) is 0 Å². The average Bonchev–Trinajstić information content (AvgIpc) is 2.49. The van der Waals surface area contributed by atoms with Crippen LogP contribution in [0.3, 0.4) is 0 Å². The highest BCUT2D eigenvalue weighted by Gasteiger charge is 2.12. The maximum absolute atomic E-state index is 5.37. The number of nitrogens with one attached hydrogen (secondary N) is 1. The fraction of sp³-hybridized carbons (Fsp3) is 0.625. The van der Waals surface area contributed by atoms with Gasteiger partial charge in [0.15, 0.2) is 0 Å². The molecule has 2 rings (SSSR count). The smallest absolute Gasteiger partial charge is 0.122 e. The highest BCUT2D eigenvalue weighted by atomic mass is 16.5. The summed E-state index contributed by atoms with van der Waals surface area (Å²) in [6, 6.07) is 8.26. The summed E-state index contributed by atoms with van der Waals surface area (Å²) in [5.41, 5.74) is 1.28. The summed E-state index contributed by atoms with van der Waals surface area (Å²) in [6.07, 6.45) is 1.02. The predicted molar refractivity (Wildman–Crippen MR) is 83.5 cm³/mol. The summed E-state index contributed by atoms with van der Waals surface area (Å²) in [4.78, 5) is 4.93. The molecule has 4 nitrogen and oxygen atoms in total. The molecule has 1 aromatic rings. The number of methoxy groups -OCH3 is 1. The first-order valence-electron chi connectivity index (χ1n) is 7.53. The zero-order chi connectivity index (χ0) is 14.2. The number of likely N-dealkylation sites (N-methyl/N-ethyl adjacent to an activating group) is 1. The number of nitrogens with zero attached hydrogens (tertiary/aromatic N) is 2. The predicted octanol–water partition coefficient (Wildman–Crippen LogP) is 1.07. The van der Waals surface area contributed by atoms with E-state index in [4.69, 9.17) is 4.74 Å². The van der Waals surface area contributed by atoms with Gasteiger partial charge < -0.3 is 15.0 Å². The maximum Gasteiger partial charge on any atom is 0.122 e. The fourth-order valence-electron chi connectivity index (χ4n) is 2.57. The van der Waals surface area contributed by atoms with Gasteiger partial charge in [-0.2, -0.15) is 0 Å². The van der Waals surface area contributed by atoms with Crippen LogP contribution in [-0.4, -0.2) is 69.8 Å². The Kier molecular flexibility index (Phi) is 6.30. The van der Waals surface area contributed by atoms with E-state index < -0.39 is 0 Å². The monoisotopic (exact) mass is 277 g/mol. The lowest BCUT2D eigenvalue weighted by Gasteiger charge is -2.32. The molecule has 0 aliphatic carbocycles. The molecule has 0 saturated carbocycles. The molecule has 0 aromatic heterocycles. The lowest BCUT2D eigenvalue weighted by Crippen LogP contribution is -2.46. The summed E-state index contributed by atoms with van der Waals surface area (Å²) in [6.45, 7) is 8.02. The number of benzene rings is 1. The molecule has 1 fully saturated rings. The molecule has 0 unspecified atom stereocenters. The topological polar surface area (TPSA) is 27.7 Å². The first-order valence-corrected chi connectivity index (χ1v) is 7.53. The molecule has 4 heteroatoms. The van der Waals surface area contributed by atoms with E-state index >= 15 is 0 Å². The summed E-state index contributed by atoms with van der Waals surface area (Å²) >= 11 is 0. The molecule has 0 amide bonds.